The molecular formula is C21H18ClIN2O2. The Morgan fingerprint density at radius 3 is 2.52 bits per heavy atom. The van der Waals surface area contributed by atoms with Crippen LogP contribution in [0.25, 0.3) is 5.69 Å². The SMILES string of the molecule is Cc1cc(-n2c(C)cc(C=Nc3ccc(C(=O)O)c(Cl)c3)c2C)ccc1I. The minimum atomic E-state index is -1.05. The molecule has 0 saturated carbocycles. The second-order valence-electron chi connectivity index (χ2n) is 6.32. The molecule has 4 nitrogen and oxygen atoms in total. The van der Waals surface area contributed by atoms with Gasteiger partial charge >= 0.3 is 5.97 Å². The van der Waals surface area contributed by atoms with E-state index >= 15 is 0 Å². The number of nitrogens with zero attached hydrogens (tertiary/aromatic N) is 2. The van der Waals surface area contributed by atoms with E-state index in [2.05, 4.69) is 77.2 Å². The van der Waals surface area contributed by atoms with Crippen LogP contribution >= 0.6 is 34.2 Å². The Hall–Kier alpha value is -2.12. The van der Waals surface area contributed by atoms with Gasteiger partial charge in [0.2, 0.25) is 0 Å². The zero-order valence-corrected chi connectivity index (χ0v) is 18.0. The number of hydrogen-bond acceptors (Lipinski definition) is 2. The molecule has 1 heterocycles. The van der Waals surface area contributed by atoms with Gasteiger partial charge in [0, 0.05) is 32.4 Å². The summed E-state index contributed by atoms with van der Waals surface area (Å²) in [7, 11) is 0. The van der Waals surface area contributed by atoms with E-state index in [0.717, 1.165) is 22.6 Å². The molecule has 0 saturated heterocycles. The number of hydrogen-bond donors (Lipinski definition) is 1. The lowest BCUT2D eigenvalue weighted by Gasteiger charge is -2.11. The van der Waals surface area contributed by atoms with Crippen molar-refractivity contribution in [1.29, 1.82) is 0 Å². The minimum Gasteiger partial charge on any atom is -0.478 e. The van der Waals surface area contributed by atoms with Crippen molar-refractivity contribution in [2.75, 3.05) is 0 Å². The predicted molar refractivity (Wildman–Crippen MR) is 118 cm³/mol. The Bertz CT molecular complexity index is 1070. The molecule has 1 aromatic heterocycles. The average molecular weight is 493 g/mol. The van der Waals surface area contributed by atoms with Gasteiger partial charge < -0.3 is 9.67 Å². The van der Waals surface area contributed by atoms with Crippen molar-refractivity contribution in [3.05, 3.63) is 79.1 Å². The number of aliphatic imine (C=N–C) groups is 1. The van der Waals surface area contributed by atoms with E-state index < -0.39 is 5.97 Å². The highest BCUT2D eigenvalue weighted by Gasteiger charge is 2.11. The highest BCUT2D eigenvalue weighted by molar-refractivity contribution is 14.1. The maximum Gasteiger partial charge on any atom is 0.337 e. The van der Waals surface area contributed by atoms with Gasteiger partial charge in [0.25, 0.3) is 0 Å². The summed E-state index contributed by atoms with van der Waals surface area (Å²) in [5.41, 5.74) is 6.25. The number of aromatic carboxylic acids is 1. The van der Waals surface area contributed by atoms with E-state index in [1.165, 1.54) is 15.2 Å². The number of benzene rings is 2. The predicted octanol–water partition coefficient (Wildman–Crippen LogP) is 6.11. The number of rotatable bonds is 4. The molecule has 0 fully saturated rings. The fourth-order valence-corrected chi connectivity index (χ4v) is 3.58. The molecule has 0 spiro atoms. The van der Waals surface area contributed by atoms with Gasteiger partial charge in [0.15, 0.2) is 0 Å². The fraction of sp³-hybridized carbons (Fsp3) is 0.143. The van der Waals surface area contributed by atoms with Crippen molar-refractivity contribution in [1.82, 2.24) is 4.57 Å². The zero-order valence-electron chi connectivity index (χ0n) is 15.1. The van der Waals surface area contributed by atoms with E-state index in [1.807, 2.05) is 0 Å². The lowest BCUT2D eigenvalue weighted by molar-refractivity contribution is 0.0697. The molecular weight excluding hydrogens is 475 g/mol. The van der Waals surface area contributed by atoms with Gasteiger partial charge in [-0.05, 0) is 91.4 Å². The monoisotopic (exact) mass is 492 g/mol. The lowest BCUT2D eigenvalue weighted by Crippen LogP contribution is -2.00. The average Bonchev–Trinajstić information content (AvgIpc) is 2.89. The van der Waals surface area contributed by atoms with Crippen molar-refractivity contribution >= 4 is 52.1 Å². The normalized spacial score (nSPS) is 11.3. The number of carbonyl (C=O) groups is 1. The Kier molecular flexibility index (Phi) is 5.72. The van der Waals surface area contributed by atoms with Crippen molar-refractivity contribution in [3.8, 4) is 5.69 Å². The second kappa shape index (κ2) is 7.86. The molecule has 3 aromatic rings. The van der Waals surface area contributed by atoms with Crippen LogP contribution in [0, 0.1) is 24.3 Å². The van der Waals surface area contributed by atoms with Crippen LogP contribution in [-0.2, 0) is 0 Å². The van der Waals surface area contributed by atoms with Crippen LogP contribution in [0.5, 0.6) is 0 Å². The minimum absolute atomic E-state index is 0.0721. The summed E-state index contributed by atoms with van der Waals surface area (Å²) in [5.74, 6) is -1.05. The van der Waals surface area contributed by atoms with Crippen LogP contribution in [-0.4, -0.2) is 21.9 Å². The van der Waals surface area contributed by atoms with Crippen molar-refractivity contribution in [2.24, 2.45) is 4.99 Å². The highest BCUT2D eigenvalue weighted by atomic mass is 127. The maximum absolute atomic E-state index is 11.1. The van der Waals surface area contributed by atoms with Crippen LogP contribution in [0.15, 0.2) is 47.5 Å². The second-order valence-corrected chi connectivity index (χ2v) is 7.89. The van der Waals surface area contributed by atoms with Crippen LogP contribution < -0.4 is 0 Å². The number of carboxylic acids is 1. The van der Waals surface area contributed by atoms with E-state index in [9.17, 15) is 4.79 Å². The summed E-state index contributed by atoms with van der Waals surface area (Å²) >= 11 is 8.35. The van der Waals surface area contributed by atoms with Crippen molar-refractivity contribution < 1.29 is 9.90 Å². The Morgan fingerprint density at radius 1 is 1.15 bits per heavy atom. The Labute approximate surface area is 176 Å². The first-order valence-corrected chi connectivity index (χ1v) is 9.76. The molecule has 0 aliphatic heterocycles. The molecule has 0 aliphatic rings. The van der Waals surface area contributed by atoms with Gasteiger partial charge in [-0.2, -0.15) is 0 Å². The number of aromatic nitrogens is 1. The molecule has 6 heteroatoms. The molecule has 27 heavy (non-hydrogen) atoms. The Morgan fingerprint density at radius 2 is 1.89 bits per heavy atom. The third kappa shape index (κ3) is 4.09. The summed E-state index contributed by atoms with van der Waals surface area (Å²) in [4.78, 5) is 15.5. The topological polar surface area (TPSA) is 54.6 Å². The largest absolute Gasteiger partial charge is 0.478 e. The van der Waals surface area contributed by atoms with Crippen molar-refractivity contribution in [3.63, 3.8) is 0 Å². The molecule has 0 radical (unpaired) electrons. The van der Waals surface area contributed by atoms with Gasteiger partial charge in [-0.25, -0.2) is 4.79 Å². The first kappa shape index (κ1) is 19.6. The van der Waals surface area contributed by atoms with Crippen LogP contribution in [0.1, 0.15) is 32.9 Å². The Balaban J connectivity index is 1.95. The standard InChI is InChI=1S/C21H18ClIN2O2/c1-12-8-17(5-7-20(12)23)25-13(2)9-15(14(25)3)11-24-16-4-6-18(21(26)27)19(22)10-16/h4-11H,1-3H3,(H,26,27). The number of aryl methyl sites for hydroxylation is 2. The van der Waals surface area contributed by atoms with E-state index in [0.29, 0.717) is 5.69 Å². The summed E-state index contributed by atoms with van der Waals surface area (Å²) in [6, 6.07) is 13.2. The molecule has 0 atom stereocenters. The fourth-order valence-electron chi connectivity index (χ4n) is 2.99. The third-order valence-electron chi connectivity index (χ3n) is 4.41. The summed E-state index contributed by atoms with van der Waals surface area (Å²) in [5, 5.41) is 9.23. The molecule has 3 rings (SSSR count). The smallest absolute Gasteiger partial charge is 0.337 e. The van der Waals surface area contributed by atoms with Crippen LogP contribution in [0.2, 0.25) is 5.02 Å². The molecule has 0 unspecified atom stereocenters. The molecule has 0 amide bonds. The van der Waals surface area contributed by atoms with Crippen molar-refractivity contribution in [2.45, 2.75) is 20.8 Å². The summed E-state index contributed by atoms with van der Waals surface area (Å²) < 4.78 is 3.44. The van der Waals surface area contributed by atoms with Gasteiger partial charge in [0.05, 0.1) is 16.3 Å². The number of halogens is 2. The van der Waals surface area contributed by atoms with Gasteiger partial charge in [-0.1, -0.05) is 11.6 Å². The molecule has 0 aliphatic carbocycles. The van der Waals surface area contributed by atoms with Crippen LogP contribution in [0.3, 0.4) is 0 Å². The summed E-state index contributed by atoms with van der Waals surface area (Å²) in [6.45, 7) is 6.23. The van der Waals surface area contributed by atoms with Gasteiger partial charge in [-0.3, -0.25) is 4.99 Å². The summed E-state index contributed by atoms with van der Waals surface area (Å²) in [6.07, 6.45) is 1.78. The first-order chi connectivity index (χ1) is 12.8. The molecule has 0 bridgehead atoms. The van der Waals surface area contributed by atoms with E-state index in [1.54, 1.807) is 18.3 Å². The maximum atomic E-state index is 11.1. The quantitative estimate of drug-likeness (QED) is 0.353. The van der Waals surface area contributed by atoms with Gasteiger partial charge in [0.1, 0.15) is 0 Å². The molecule has 2 aromatic carbocycles. The van der Waals surface area contributed by atoms with Crippen LogP contribution in [0.4, 0.5) is 5.69 Å². The highest BCUT2D eigenvalue weighted by Crippen LogP contribution is 2.25. The molecule has 138 valence electrons. The number of carboxylic acid groups (broad SMARTS) is 1. The molecule has 1 N–H and O–H groups in total. The zero-order chi connectivity index (χ0) is 19.7. The van der Waals surface area contributed by atoms with Gasteiger partial charge in [-0.15, -0.1) is 0 Å². The van der Waals surface area contributed by atoms with E-state index in [4.69, 9.17) is 16.7 Å². The lowest BCUT2D eigenvalue weighted by atomic mass is 10.2. The first-order valence-electron chi connectivity index (χ1n) is 8.30. The van der Waals surface area contributed by atoms with E-state index in [-0.39, 0.29) is 10.6 Å². The third-order valence-corrected chi connectivity index (χ3v) is 5.93.